The van der Waals surface area contributed by atoms with Crippen LogP contribution in [-0.4, -0.2) is 34.1 Å². The number of aromatic nitrogens is 1. The number of aromatic carboxylic acids is 1. The largest absolute Gasteiger partial charge is 0.478 e. The quantitative estimate of drug-likeness (QED) is 0.313. The highest BCUT2D eigenvalue weighted by Gasteiger charge is 2.34. The number of rotatable bonds is 4. The van der Waals surface area contributed by atoms with Crippen molar-refractivity contribution >= 4 is 38.2 Å². The molecule has 0 spiro atoms. The molecule has 1 N–H and O–H groups in total. The summed E-state index contributed by atoms with van der Waals surface area (Å²) < 4.78 is 52.9. The number of hydrogen-bond donors (Lipinski definition) is 1. The molecule has 178 valence electrons. The summed E-state index contributed by atoms with van der Waals surface area (Å²) in [6.45, 7) is 0.562. The first-order chi connectivity index (χ1) is 16.0. The van der Waals surface area contributed by atoms with Crippen molar-refractivity contribution in [3.63, 3.8) is 0 Å². The number of carboxylic acid groups (broad SMARTS) is 1. The van der Waals surface area contributed by atoms with E-state index in [1.54, 1.807) is 4.90 Å². The number of hydrogen-bond acceptors (Lipinski definition) is 7. The van der Waals surface area contributed by atoms with E-state index >= 15 is 0 Å². The molecule has 1 fully saturated rings. The maximum absolute atomic E-state index is 13.7. The van der Waals surface area contributed by atoms with Gasteiger partial charge in [-0.2, -0.15) is 18.2 Å². The number of non-ortho nitro benzene ring substituents is 1. The van der Waals surface area contributed by atoms with E-state index < -0.39 is 45.1 Å². The van der Waals surface area contributed by atoms with E-state index in [-0.39, 0.29) is 34.4 Å². The number of benzene rings is 2. The minimum atomic E-state index is -4.87. The molecule has 0 bridgehead atoms. The highest BCUT2D eigenvalue weighted by Crippen LogP contribution is 2.39. The Kier molecular flexibility index (Phi) is 5.98. The molecule has 2 heterocycles. The second kappa shape index (κ2) is 8.63. The van der Waals surface area contributed by atoms with Crippen LogP contribution in [0, 0.1) is 15.9 Å². The van der Waals surface area contributed by atoms with Gasteiger partial charge in [0, 0.05) is 19.2 Å². The second-order valence-corrected chi connectivity index (χ2v) is 8.70. The van der Waals surface area contributed by atoms with Gasteiger partial charge in [-0.05, 0) is 48.6 Å². The Morgan fingerprint density at radius 1 is 1.21 bits per heavy atom. The Morgan fingerprint density at radius 3 is 2.47 bits per heavy atom. The number of nitro groups is 1. The van der Waals surface area contributed by atoms with E-state index in [1.807, 2.05) is 0 Å². The molecular formula is C21H15F4N3O5S. The lowest BCUT2D eigenvalue weighted by Crippen LogP contribution is -2.34. The van der Waals surface area contributed by atoms with Crippen LogP contribution in [0.3, 0.4) is 0 Å². The van der Waals surface area contributed by atoms with Gasteiger partial charge in [0.15, 0.2) is 5.13 Å². The van der Waals surface area contributed by atoms with Gasteiger partial charge in [0.25, 0.3) is 11.2 Å². The van der Waals surface area contributed by atoms with Gasteiger partial charge < -0.3 is 10.0 Å². The number of alkyl halides is 3. The highest BCUT2D eigenvalue weighted by atomic mass is 32.1. The topological polar surface area (TPSA) is 114 Å². The summed E-state index contributed by atoms with van der Waals surface area (Å²) in [5.41, 5.74) is -2.82. The minimum Gasteiger partial charge on any atom is -0.478 e. The molecule has 0 aliphatic carbocycles. The van der Waals surface area contributed by atoms with Crippen LogP contribution in [0.1, 0.15) is 40.2 Å². The third-order valence-electron chi connectivity index (χ3n) is 5.66. The molecule has 1 aromatic heterocycles. The number of anilines is 1. The van der Waals surface area contributed by atoms with Crippen LogP contribution < -0.4 is 10.5 Å². The lowest BCUT2D eigenvalue weighted by Gasteiger charge is -2.33. The lowest BCUT2D eigenvalue weighted by molar-refractivity contribution is -0.383. The number of piperidine rings is 1. The van der Waals surface area contributed by atoms with Crippen molar-refractivity contribution in [2.75, 3.05) is 18.0 Å². The van der Waals surface area contributed by atoms with Crippen LogP contribution in [0.5, 0.6) is 0 Å². The number of carbonyl (C=O) groups is 1. The van der Waals surface area contributed by atoms with Crippen molar-refractivity contribution in [2.24, 2.45) is 0 Å². The Labute approximate surface area is 192 Å². The molecule has 3 aromatic rings. The molecular weight excluding hydrogens is 482 g/mol. The average molecular weight is 497 g/mol. The van der Waals surface area contributed by atoms with Crippen LogP contribution in [0.15, 0.2) is 35.1 Å². The van der Waals surface area contributed by atoms with E-state index in [0.29, 0.717) is 30.5 Å². The van der Waals surface area contributed by atoms with E-state index in [4.69, 9.17) is 0 Å². The maximum atomic E-state index is 13.7. The molecule has 34 heavy (non-hydrogen) atoms. The van der Waals surface area contributed by atoms with Gasteiger partial charge in [-0.3, -0.25) is 14.9 Å². The zero-order valence-electron chi connectivity index (χ0n) is 17.1. The minimum absolute atomic E-state index is 0.00979. The molecule has 0 saturated carbocycles. The number of nitro benzene ring substituents is 1. The summed E-state index contributed by atoms with van der Waals surface area (Å²) in [7, 11) is 0. The SMILES string of the molecule is O=C(O)c1ccc(F)cc1C1CCN(c2nc(=O)c3cc(C(F)(F)F)cc([N+](=O)[O-])c3s2)CC1. The van der Waals surface area contributed by atoms with Crippen molar-refractivity contribution in [2.45, 2.75) is 24.9 Å². The molecule has 1 saturated heterocycles. The number of fused-ring (bicyclic) bond motifs is 1. The summed E-state index contributed by atoms with van der Waals surface area (Å²) in [6, 6.07) is 4.39. The molecule has 4 rings (SSSR count). The third-order valence-corrected chi connectivity index (χ3v) is 6.83. The molecule has 8 nitrogen and oxygen atoms in total. The lowest BCUT2D eigenvalue weighted by atomic mass is 9.86. The van der Waals surface area contributed by atoms with E-state index in [1.165, 1.54) is 12.1 Å². The van der Waals surface area contributed by atoms with Gasteiger partial charge in [-0.1, -0.05) is 11.3 Å². The smallest absolute Gasteiger partial charge is 0.416 e. The monoisotopic (exact) mass is 497 g/mol. The zero-order chi connectivity index (χ0) is 24.8. The van der Waals surface area contributed by atoms with E-state index in [9.17, 15) is 42.4 Å². The summed E-state index contributed by atoms with van der Waals surface area (Å²) in [4.78, 5) is 40.0. The third kappa shape index (κ3) is 4.42. The van der Waals surface area contributed by atoms with Crippen LogP contribution in [-0.2, 0) is 6.18 Å². The molecule has 0 atom stereocenters. The van der Waals surface area contributed by atoms with Crippen molar-refractivity contribution in [3.05, 3.63) is 73.3 Å². The van der Waals surface area contributed by atoms with Gasteiger partial charge in [0.05, 0.1) is 21.4 Å². The normalized spacial score (nSPS) is 15.0. The predicted molar refractivity (Wildman–Crippen MR) is 115 cm³/mol. The second-order valence-electron chi connectivity index (χ2n) is 7.73. The van der Waals surface area contributed by atoms with Crippen LogP contribution in [0.25, 0.3) is 10.1 Å². The van der Waals surface area contributed by atoms with Gasteiger partial charge in [0.2, 0.25) is 0 Å². The first kappa shape index (κ1) is 23.5. The first-order valence-corrected chi connectivity index (χ1v) is 10.8. The van der Waals surface area contributed by atoms with Gasteiger partial charge in [-0.25, -0.2) is 9.18 Å². The summed E-state index contributed by atoms with van der Waals surface area (Å²) in [6.07, 6.45) is -4.10. The first-order valence-electron chi connectivity index (χ1n) is 9.94. The van der Waals surface area contributed by atoms with Crippen molar-refractivity contribution in [1.29, 1.82) is 0 Å². The Bertz CT molecular complexity index is 1370. The van der Waals surface area contributed by atoms with Crippen LogP contribution in [0.4, 0.5) is 28.4 Å². The average Bonchev–Trinajstić information content (AvgIpc) is 2.77. The van der Waals surface area contributed by atoms with Gasteiger partial charge >= 0.3 is 12.1 Å². The fourth-order valence-electron chi connectivity index (χ4n) is 4.02. The number of halogens is 4. The highest BCUT2D eigenvalue weighted by molar-refractivity contribution is 7.22. The van der Waals surface area contributed by atoms with Crippen molar-refractivity contribution in [3.8, 4) is 0 Å². The molecule has 1 aliphatic heterocycles. The number of nitrogens with zero attached hydrogens (tertiary/aromatic N) is 3. The molecule has 0 unspecified atom stereocenters. The molecule has 13 heteroatoms. The predicted octanol–water partition coefficient (Wildman–Crippen LogP) is 4.80. The summed E-state index contributed by atoms with van der Waals surface area (Å²) in [5, 5.41) is 20.4. The van der Waals surface area contributed by atoms with E-state index in [2.05, 4.69) is 4.98 Å². The van der Waals surface area contributed by atoms with Crippen LogP contribution in [0.2, 0.25) is 0 Å². The van der Waals surface area contributed by atoms with Gasteiger partial charge in [-0.15, -0.1) is 0 Å². The fourth-order valence-corrected chi connectivity index (χ4v) is 5.14. The van der Waals surface area contributed by atoms with Crippen LogP contribution >= 0.6 is 11.3 Å². The van der Waals surface area contributed by atoms with Gasteiger partial charge in [0.1, 0.15) is 10.5 Å². The molecule has 1 aliphatic rings. The number of carboxylic acids is 1. The Balaban J connectivity index is 1.67. The molecule has 0 radical (unpaired) electrons. The standard InChI is InChI=1S/C21H15F4N3O5S/c22-12-1-2-13(19(30)31)14(9-12)10-3-5-27(6-4-10)20-26-18(29)15-7-11(21(23,24)25)8-16(28(32)33)17(15)34-20/h1-2,7-10H,3-6H2,(H,30,31). The Morgan fingerprint density at radius 2 is 1.88 bits per heavy atom. The van der Waals surface area contributed by atoms with E-state index in [0.717, 1.165) is 17.4 Å². The summed E-state index contributed by atoms with van der Waals surface area (Å²) >= 11 is 0.741. The van der Waals surface area contributed by atoms with Crippen molar-refractivity contribution in [1.82, 2.24) is 4.98 Å². The van der Waals surface area contributed by atoms with Crippen molar-refractivity contribution < 1.29 is 32.4 Å². The molecule has 0 amide bonds. The molecule has 2 aromatic carbocycles. The Hall–Kier alpha value is -3.61. The fraction of sp³-hybridized carbons (Fsp3) is 0.286. The maximum Gasteiger partial charge on any atom is 0.416 e. The zero-order valence-corrected chi connectivity index (χ0v) is 18.0. The summed E-state index contributed by atoms with van der Waals surface area (Å²) in [5.74, 6) is -2.03.